The van der Waals surface area contributed by atoms with Gasteiger partial charge in [-0.1, -0.05) is 29.8 Å². The van der Waals surface area contributed by atoms with Crippen molar-refractivity contribution in [2.24, 2.45) is 0 Å². The lowest BCUT2D eigenvalue weighted by atomic mass is 9.94. The summed E-state index contributed by atoms with van der Waals surface area (Å²) in [6.07, 6.45) is 10.2. The molecule has 0 spiro atoms. The molecule has 3 aromatic heterocycles. The third-order valence-corrected chi connectivity index (χ3v) is 8.54. The average Bonchev–Trinajstić information content (AvgIpc) is 3.46. The van der Waals surface area contributed by atoms with Crippen LogP contribution in [0, 0.1) is 25.2 Å². The van der Waals surface area contributed by atoms with Crippen LogP contribution in [-0.4, -0.2) is 50.4 Å². The van der Waals surface area contributed by atoms with E-state index in [1.54, 1.807) is 30.6 Å². The zero-order valence-corrected chi connectivity index (χ0v) is 25.7. The summed E-state index contributed by atoms with van der Waals surface area (Å²) in [6.45, 7) is 6.17. The van der Waals surface area contributed by atoms with E-state index in [9.17, 15) is 15.2 Å². The second-order valence-electron chi connectivity index (χ2n) is 11.3. The zero-order chi connectivity index (χ0) is 31.5. The molecule has 0 amide bonds. The van der Waals surface area contributed by atoms with Crippen molar-refractivity contribution in [2.75, 3.05) is 18.4 Å². The molecule has 1 aliphatic rings. The standard InChI is InChI=1S/C36H31ClN6O2/c1-22-14-25(32(37)16-27(22)21-44)6-7-34-31(17-38)30(9-12-39-34)29-4-3-5-33(23(29)2)42-36-35-26(8-11-40-36)15-24(18-41-35)19-43-13-10-28(45)20-43/h3-9,11-12,14-16,18,21,28,45H,10,13,19-20H2,1-2H3,(H,40,42)/b7-6+/t28-/m1/s1. The molecule has 0 saturated carbocycles. The Bertz CT molecular complexity index is 2000. The number of benzene rings is 2. The van der Waals surface area contributed by atoms with Crippen LogP contribution in [0.3, 0.4) is 0 Å². The summed E-state index contributed by atoms with van der Waals surface area (Å²) < 4.78 is 0. The number of carbonyl (C=O) groups is 1. The molecule has 4 heterocycles. The fourth-order valence-corrected chi connectivity index (χ4v) is 6.01. The number of nitrogens with one attached hydrogen (secondary N) is 1. The first-order valence-corrected chi connectivity index (χ1v) is 15.1. The van der Waals surface area contributed by atoms with Crippen molar-refractivity contribution in [3.8, 4) is 17.2 Å². The van der Waals surface area contributed by atoms with Crippen LogP contribution in [0.2, 0.25) is 5.02 Å². The van der Waals surface area contributed by atoms with Crippen LogP contribution >= 0.6 is 11.6 Å². The van der Waals surface area contributed by atoms with Crippen LogP contribution in [0.5, 0.6) is 0 Å². The third kappa shape index (κ3) is 6.33. The number of rotatable bonds is 8. The number of halogens is 1. The average molecular weight is 615 g/mol. The van der Waals surface area contributed by atoms with E-state index in [0.717, 1.165) is 75.8 Å². The van der Waals surface area contributed by atoms with E-state index < -0.39 is 0 Å². The van der Waals surface area contributed by atoms with Crippen LogP contribution in [0.1, 0.15) is 50.3 Å². The van der Waals surface area contributed by atoms with Crippen LogP contribution in [0.25, 0.3) is 34.2 Å². The summed E-state index contributed by atoms with van der Waals surface area (Å²) >= 11 is 6.41. The Morgan fingerprint density at radius 2 is 1.91 bits per heavy atom. The number of aldehydes is 1. The van der Waals surface area contributed by atoms with Gasteiger partial charge in [-0.2, -0.15) is 5.26 Å². The highest BCUT2D eigenvalue weighted by Crippen LogP contribution is 2.34. The van der Waals surface area contributed by atoms with E-state index in [4.69, 9.17) is 16.6 Å². The summed E-state index contributed by atoms with van der Waals surface area (Å²) in [5.41, 5.74) is 8.33. The molecule has 1 fully saturated rings. The van der Waals surface area contributed by atoms with Gasteiger partial charge in [0.05, 0.1) is 17.4 Å². The number of aliphatic hydroxyl groups excluding tert-OH is 1. The van der Waals surface area contributed by atoms with Gasteiger partial charge in [0, 0.05) is 65.4 Å². The van der Waals surface area contributed by atoms with Gasteiger partial charge in [0.1, 0.15) is 17.9 Å². The van der Waals surface area contributed by atoms with E-state index in [1.807, 2.05) is 56.4 Å². The lowest BCUT2D eigenvalue weighted by Crippen LogP contribution is -2.21. The molecule has 0 bridgehead atoms. The molecule has 0 radical (unpaired) electrons. The van der Waals surface area contributed by atoms with E-state index in [1.165, 1.54) is 0 Å². The number of fused-ring (bicyclic) bond motifs is 1. The Morgan fingerprint density at radius 3 is 2.69 bits per heavy atom. The van der Waals surface area contributed by atoms with Crippen molar-refractivity contribution >= 4 is 52.4 Å². The minimum Gasteiger partial charge on any atom is -0.392 e. The second-order valence-corrected chi connectivity index (χ2v) is 11.7. The predicted molar refractivity (Wildman–Crippen MR) is 178 cm³/mol. The molecular formula is C36H31ClN6O2. The minimum atomic E-state index is -0.256. The van der Waals surface area contributed by atoms with Gasteiger partial charge in [0.2, 0.25) is 0 Å². The molecule has 2 N–H and O–H groups in total. The summed E-state index contributed by atoms with van der Waals surface area (Å²) in [5, 5.41) is 25.0. The maximum Gasteiger partial charge on any atom is 0.156 e. The quantitative estimate of drug-likeness (QED) is 0.177. The zero-order valence-electron chi connectivity index (χ0n) is 25.0. The van der Waals surface area contributed by atoms with Crippen LogP contribution in [0.15, 0.2) is 67.1 Å². The molecule has 9 heteroatoms. The van der Waals surface area contributed by atoms with E-state index in [0.29, 0.717) is 34.2 Å². The largest absolute Gasteiger partial charge is 0.392 e. The van der Waals surface area contributed by atoms with Crippen LogP contribution < -0.4 is 5.32 Å². The molecule has 1 aliphatic heterocycles. The number of anilines is 2. The highest BCUT2D eigenvalue weighted by molar-refractivity contribution is 6.32. The fraction of sp³-hybridized carbons (Fsp3) is 0.194. The van der Waals surface area contributed by atoms with E-state index in [-0.39, 0.29) is 6.10 Å². The molecule has 1 saturated heterocycles. The Morgan fingerprint density at radius 1 is 1.07 bits per heavy atom. The van der Waals surface area contributed by atoms with Crippen molar-refractivity contribution in [1.82, 2.24) is 19.9 Å². The second kappa shape index (κ2) is 13.0. The summed E-state index contributed by atoms with van der Waals surface area (Å²) in [5.74, 6) is 0.641. The van der Waals surface area contributed by atoms with Gasteiger partial charge in [-0.3, -0.25) is 19.7 Å². The number of hydrogen-bond acceptors (Lipinski definition) is 8. The Hall–Kier alpha value is -4.94. The normalized spacial score (nSPS) is 15.0. The summed E-state index contributed by atoms with van der Waals surface area (Å²) in [4.78, 5) is 27.3. The van der Waals surface area contributed by atoms with Gasteiger partial charge in [-0.25, -0.2) is 4.98 Å². The molecule has 45 heavy (non-hydrogen) atoms. The van der Waals surface area contributed by atoms with Gasteiger partial charge >= 0.3 is 0 Å². The maximum absolute atomic E-state index is 11.3. The third-order valence-electron chi connectivity index (χ3n) is 8.21. The van der Waals surface area contributed by atoms with Crippen LogP contribution in [-0.2, 0) is 6.54 Å². The lowest BCUT2D eigenvalue weighted by Gasteiger charge is -2.16. The number of aryl methyl sites for hydroxylation is 1. The molecule has 0 aliphatic carbocycles. The maximum atomic E-state index is 11.3. The highest BCUT2D eigenvalue weighted by atomic mass is 35.5. The first kappa shape index (κ1) is 30.1. The number of β-amino-alcohol motifs (C(OH)–C–C–N with tert-alkyl or cyclic N) is 1. The number of nitriles is 1. The smallest absolute Gasteiger partial charge is 0.156 e. The Labute approximate surface area is 266 Å². The van der Waals surface area contributed by atoms with Crippen LogP contribution in [0.4, 0.5) is 11.5 Å². The molecule has 8 nitrogen and oxygen atoms in total. The molecule has 5 aromatic rings. The summed E-state index contributed by atoms with van der Waals surface area (Å²) in [6, 6.07) is 17.7. The number of aliphatic hydroxyl groups is 1. The predicted octanol–water partition coefficient (Wildman–Crippen LogP) is 7.13. The minimum absolute atomic E-state index is 0.256. The number of hydrogen-bond donors (Lipinski definition) is 2. The van der Waals surface area contributed by atoms with Gasteiger partial charge < -0.3 is 10.4 Å². The van der Waals surface area contributed by atoms with Crippen molar-refractivity contribution in [2.45, 2.75) is 32.9 Å². The van der Waals surface area contributed by atoms with Crippen molar-refractivity contribution < 1.29 is 9.90 Å². The van der Waals surface area contributed by atoms with Crippen molar-refractivity contribution in [3.05, 3.63) is 111 Å². The number of aromatic nitrogens is 3. The molecule has 224 valence electrons. The monoisotopic (exact) mass is 614 g/mol. The number of pyridine rings is 3. The molecule has 0 unspecified atom stereocenters. The van der Waals surface area contributed by atoms with Gasteiger partial charge in [-0.05, 0) is 90.6 Å². The first-order valence-electron chi connectivity index (χ1n) is 14.7. The highest BCUT2D eigenvalue weighted by Gasteiger charge is 2.20. The van der Waals surface area contributed by atoms with Gasteiger partial charge in [0.15, 0.2) is 5.82 Å². The SMILES string of the molecule is Cc1cc(/C=C/c2nccc(-c3cccc(Nc4nccc5cc(CN6CC[C@@H](O)C6)cnc45)c3C)c2C#N)c(Cl)cc1C=O. The fourth-order valence-electron chi connectivity index (χ4n) is 5.78. The summed E-state index contributed by atoms with van der Waals surface area (Å²) in [7, 11) is 0. The number of likely N-dealkylation sites (tertiary alicyclic amines) is 1. The molecule has 6 rings (SSSR count). The molecule has 1 atom stereocenters. The Kier molecular flexibility index (Phi) is 8.67. The van der Waals surface area contributed by atoms with Gasteiger partial charge in [-0.15, -0.1) is 0 Å². The lowest BCUT2D eigenvalue weighted by molar-refractivity contribution is 0.112. The first-order chi connectivity index (χ1) is 21.8. The number of carbonyl (C=O) groups excluding carboxylic acids is 1. The van der Waals surface area contributed by atoms with Crippen molar-refractivity contribution in [1.29, 1.82) is 5.26 Å². The van der Waals surface area contributed by atoms with E-state index in [2.05, 4.69) is 32.3 Å². The topological polar surface area (TPSA) is 115 Å². The van der Waals surface area contributed by atoms with Crippen molar-refractivity contribution in [3.63, 3.8) is 0 Å². The Balaban J connectivity index is 1.30. The number of nitrogens with zero attached hydrogens (tertiary/aromatic N) is 5. The molecular weight excluding hydrogens is 584 g/mol. The molecule has 2 aromatic carbocycles. The van der Waals surface area contributed by atoms with E-state index >= 15 is 0 Å². The van der Waals surface area contributed by atoms with Gasteiger partial charge in [0.25, 0.3) is 0 Å².